The smallest absolute Gasteiger partial charge is 0.188 e. The van der Waals surface area contributed by atoms with E-state index in [0.717, 1.165) is 44.4 Å². The molecule has 48 heavy (non-hydrogen) atoms. The SMILES string of the molecule is CC(C)(C)c1ccnc(-n2c3[c-]c(Oc4[c-]c(-n5[cH+]n(C(C)(C)C)c6ccccc65)ccc4C(C)(C)C)ccc3c3ccccc32)c1.[Pt]. The minimum absolute atomic E-state index is 0. The van der Waals surface area contributed by atoms with Gasteiger partial charge in [0.2, 0.25) is 0 Å². The Hall–Kier alpha value is -4.21. The predicted molar refractivity (Wildman–Crippen MR) is 194 cm³/mol. The van der Waals surface area contributed by atoms with Crippen LogP contribution in [0.5, 0.6) is 11.5 Å². The van der Waals surface area contributed by atoms with Gasteiger partial charge in [0.15, 0.2) is 17.4 Å². The van der Waals surface area contributed by atoms with Crippen LogP contribution in [0, 0.1) is 12.1 Å². The number of para-hydroxylation sites is 3. The Kier molecular flexibility index (Phi) is 8.45. The Balaban J connectivity index is 0.00000401. The summed E-state index contributed by atoms with van der Waals surface area (Å²) < 4.78 is 13.5. The second-order valence-corrected chi connectivity index (χ2v) is 15.5. The quantitative estimate of drug-likeness (QED) is 0.166. The molecule has 3 aromatic heterocycles. The Morgan fingerprint density at radius 2 is 1.38 bits per heavy atom. The van der Waals surface area contributed by atoms with Crippen LogP contribution in [-0.2, 0) is 37.4 Å². The molecule has 0 fully saturated rings. The van der Waals surface area contributed by atoms with Crippen molar-refractivity contribution < 1.29 is 25.8 Å². The average molecular weight is 815 g/mol. The van der Waals surface area contributed by atoms with Crippen molar-refractivity contribution in [2.24, 2.45) is 0 Å². The molecule has 6 heteroatoms. The minimum Gasteiger partial charge on any atom is -0.508 e. The minimum atomic E-state index is -0.162. The van der Waals surface area contributed by atoms with Crippen LogP contribution in [0.2, 0.25) is 0 Å². The van der Waals surface area contributed by atoms with Crippen molar-refractivity contribution in [1.82, 2.24) is 18.7 Å². The fourth-order valence-electron chi connectivity index (χ4n) is 6.40. The van der Waals surface area contributed by atoms with Gasteiger partial charge in [-0.25, -0.2) is 14.1 Å². The number of nitrogens with zero attached hydrogens (tertiary/aromatic N) is 4. The first kappa shape index (κ1) is 33.7. The van der Waals surface area contributed by atoms with Crippen LogP contribution in [0.25, 0.3) is 44.3 Å². The normalized spacial score (nSPS) is 12.5. The first-order valence-electron chi connectivity index (χ1n) is 16.4. The first-order valence-corrected chi connectivity index (χ1v) is 16.4. The van der Waals surface area contributed by atoms with Gasteiger partial charge in [0.1, 0.15) is 5.82 Å². The summed E-state index contributed by atoms with van der Waals surface area (Å²) in [7, 11) is 0. The molecule has 7 aromatic rings. The third-order valence-electron chi connectivity index (χ3n) is 8.93. The molecule has 7 rings (SSSR count). The van der Waals surface area contributed by atoms with Gasteiger partial charge in [0.05, 0.1) is 5.54 Å². The molecule has 0 N–H and O–H groups in total. The molecular weight excluding hydrogens is 772 g/mol. The molecule has 0 aliphatic carbocycles. The summed E-state index contributed by atoms with van der Waals surface area (Å²) in [6.45, 7) is 20.0. The van der Waals surface area contributed by atoms with E-state index in [1.54, 1.807) is 0 Å². The Labute approximate surface area is 298 Å². The number of rotatable bonds is 4. The van der Waals surface area contributed by atoms with E-state index in [4.69, 9.17) is 9.72 Å². The van der Waals surface area contributed by atoms with Crippen LogP contribution >= 0.6 is 0 Å². The third-order valence-corrected chi connectivity index (χ3v) is 8.93. The van der Waals surface area contributed by atoms with E-state index in [9.17, 15) is 0 Å². The van der Waals surface area contributed by atoms with E-state index in [-0.39, 0.29) is 37.4 Å². The van der Waals surface area contributed by atoms with Crippen LogP contribution in [-0.4, -0.2) is 18.7 Å². The number of pyridine rings is 1. The molecule has 0 spiro atoms. The summed E-state index contributed by atoms with van der Waals surface area (Å²) in [6, 6.07) is 37.1. The van der Waals surface area contributed by atoms with Crippen LogP contribution < -0.4 is 4.74 Å². The van der Waals surface area contributed by atoms with Gasteiger partial charge in [-0.05, 0) is 67.5 Å². The molecule has 4 aromatic carbocycles. The fraction of sp³-hybridized carbons (Fsp3) is 0.286. The van der Waals surface area contributed by atoms with Gasteiger partial charge in [0.25, 0.3) is 0 Å². The van der Waals surface area contributed by atoms with E-state index < -0.39 is 0 Å². The predicted octanol–water partition coefficient (Wildman–Crippen LogP) is 10.9. The molecule has 0 atom stereocenters. The maximum absolute atomic E-state index is 6.79. The van der Waals surface area contributed by atoms with Gasteiger partial charge in [-0.1, -0.05) is 76.7 Å². The zero-order valence-corrected chi connectivity index (χ0v) is 31.5. The van der Waals surface area contributed by atoms with E-state index in [0.29, 0.717) is 11.5 Å². The van der Waals surface area contributed by atoms with Crippen molar-refractivity contribution in [2.75, 3.05) is 0 Å². The Morgan fingerprint density at radius 3 is 2.06 bits per heavy atom. The summed E-state index contributed by atoms with van der Waals surface area (Å²) in [4.78, 5) is 4.84. The Morgan fingerprint density at radius 1 is 0.688 bits per heavy atom. The van der Waals surface area contributed by atoms with Crippen LogP contribution in [0.1, 0.15) is 73.4 Å². The molecular formula is C42H43N4OPt-. The van der Waals surface area contributed by atoms with E-state index in [1.807, 2.05) is 12.3 Å². The molecule has 0 bridgehead atoms. The third kappa shape index (κ3) is 5.98. The molecule has 0 saturated carbocycles. The molecule has 3 heterocycles. The zero-order valence-electron chi connectivity index (χ0n) is 29.3. The second kappa shape index (κ2) is 12.0. The Bertz CT molecular complexity index is 2290. The second-order valence-electron chi connectivity index (χ2n) is 15.5. The van der Waals surface area contributed by atoms with Crippen molar-refractivity contribution in [2.45, 2.75) is 78.7 Å². The number of hydrogen-bond donors (Lipinski definition) is 0. The van der Waals surface area contributed by atoms with Gasteiger partial charge in [-0.3, -0.25) is 0 Å². The van der Waals surface area contributed by atoms with Gasteiger partial charge < -0.3 is 9.30 Å². The topological polar surface area (TPSA) is 36.9 Å². The van der Waals surface area contributed by atoms with Gasteiger partial charge in [-0.15, -0.1) is 29.1 Å². The largest absolute Gasteiger partial charge is 0.508 e. The van der Waals surface area contributed by atoms with Crippen molar-refractivity contribution in [3.05, 3.63) is 121 Å². The molecule has 0 unspecified atom stereocenters. The fourth-order valence-corrected chi connectivity index (χ4v) is 6.40. The molecule has 0 amide bonds. The summed E-state index contributed by atoms with van der Waals surface area (Å²) in [5.74, 6) is 2.20. The van der Waals surface area contributed by atoms with E-state index in [1.165, 1.54) is 11.1 Å². The molecule has 0 saturated heterocycles. The van der Waals surface area contributed by atoms with Crippen molar-refractivity contribution in [3.63, 3.8) is 0 Å². The van der Waals surface area contributed by atoms with Crippen LogP contribution in [0.15, 0.2) is 97.5 Å². The standard InChI is InChI=1S/C42H43N4O.Pt/c1-40(2,3)28-22-23-43-39(24-28)46-34-15-11-10-14-31(34)32-20-19-30(26-37(32)46)47-38-25-29(18-21-33(38)41(4,5)6)44-27-45(42(7,8)9)36-17-13-12-16-35(36)44;/h10-24,27H,1-9H3;/q-1;. The molecule has 248 valence electrons. The molecule has 0 aliphatic rings. The van der Waals surface area contributed by atoms with Crippen LogP contribution in [0.3, 0.4) is 0 Å². The van der Waals surface area contributed by atoms with Crippen molar-refractivity contribution >= 4 is 32.8 Å². The van der Waals surface area contributed by atoms with Crippen molar-refractivity contribution in [3.8, 4) is 23.0 Å². The number of fused-ring (bicyclic) bond motifs is 4. The maximum Gasteiger partial charge on any atom is 0.188 e. The molecule has 0 aliphatic heterocycles. The number of aromatic nitrogens is 4. The number of hydrogen-bond acceptors (Lipinski definition) is 2. The van der Waals surface area contributed by atoms with Gasteiger partial charge in [-0.2, -0.15) is 12.1 Å². The summed E-state index contributed by atoms with van der Waals surface area (Å²) >= 11 is 0. The number of benzene rings is 4. The summed E-state index contributed by atoms with van der Waals surface area (Å²) in [6.07, 6.45) is 4.08. The maximum atomic E-state index is 6.79. The number of ether oxygens (including phenoxy) is 1. The zero-order chi connectivity index (χ0) is 33.3. The molecule has 0 radical (unpaired) electrons. The monoisotopic (exact) mass is 814 g/mol. The number of imidazole rings is 1. The first-order chi connectivity index (χ1) is 22.2. The van der Waals surface area contributed by atoms with E-state index in [2.05, 4.69) is 173 Å². The van der Waals surface area contributed by atoms with Gasteiger partial charge in [0, 0.05) is 62.1 Å². The van der Waals surface area contributed by atoms with E-state index >= 15 is 0 Å². The summed E-state index contributed by atoms with van der Waals surface area (Å²) in [5, 5.41) is 2.26. The molecule has 5 nitrogen and oxygen atoms in total. The van der Waals surface area contributed by atoms with Crippen molar-refractivity contribution in [1.29, 1.82) is 0 Å². The van der Waals surface area contributed by atoms with Crippen LogP contribution in [0.4, 0.5) is 0 Å². The average Bonchev–Trinajstić information content (AvgIpc) is 3.57. The summed E-state index contributed by atoms with van der Waals surface area (Å²) in [5.41, 5.74) is 7.29. The van der Waals surface area contributed by atoms with Gasteiger partial charge >= 0.3 is 0 Å².